The van der Waals surface area contributed by atoms with Crippen molar-refractivity contribution in [2.45, 2.75) is 39.7 Å². The summed E-state index contributed by atoms with van der Waals surface area (Å²) < 4.78 is 5.46. The number of methoxy groups -OCH3 is 1. The van der Waals surface area contributed by atoms with Crippen molar-refractivity contribution in [3.8, 4) is 5.75 Å². The number of pyridine rings is 1. The number of aromatic nitrogens is 1. The summed E-state index contributed by atoms with van der Waals surface area (Å²) in [5.74, 6) is 0.768. The minimum Gasteiger partial charge on any atom is -0.495 e. The van der Waals surface area contributed by atoms with Gasteiger partial charge in [0.1, 0.15) is 5.75 Å². The van der Waals surface area contributed by atoms with Gasteiger partial charge in [-0.3, -0.25) is 15.1 Å². The molecule has 0 spiro atoms. The van der Waals surface area contributed by atoms with Gasteiger partial charge in [0.15, 0.2) is 0 Å². The number of guanidine groups is 1. The zero-order chi connectivity index (χ0) is 23.1. The maximum Gasteiger partial charge on any atom is 0.257 e. The molecule has 6 nitrogen and oxygen atoms in total. The van der Waals surface area contributed by atoms with Gasteiger partial charge in [-0.1, -0.05) is 39.0 Å². The highest BCUT2D eigenvalue weighted by Gasteiger charge is 2.16. The molecule has 0 saturated carbocycles. The molecule has 0 fully saturated rings. The number of benzene rings is 2. The number of nitrogens with one attached hydrogen (secondary N) is 2. The Kier molecular flexibility index (Phi) is 7.25. The van der Waals surface area contributed by atoms with E-state index in [1.165, 1.54) is 5.56 Å². The zero-order valence-electron chi connectivity index (χ0n) is 19.3. The molecule has 2 aromatic carbocycles. The van der Waals surface area contributed by atoms with E-state index in [1.54, 1.807) is 19.5 Å². The lowest BCUT2D eigenvalue weighted by Gasteiger charge is -2.19. The van der Waals surface area contributed by atoms with Crippen molar-refractivity contribution in [3.05, 3.63) is 89.2 Å². The normalized spacial score (nSPS) is 11.7. The second kappa shape index (κ2) is 10.1. The summed E-state index contributed by atoms with van der Waals surface area (Å²) in [6.45, 7) is 8.82. The van der Waals surface area contributed by atoms with Crippen LogP contribution in [0.4, 0.5) is 5.69 Å². The molecule has 1 aromatic heterocycles. The lowest BCUT2D eigenvalue weighted by Crippen LogP contribution is -2.36. The number of nitrogens with zero attached hydrogens (tertiary/aromatic N) is 2. The lowest BCUT2D eigenvalue weighted by atomic mass is 9.87. The van der Waals surface area contributed by atoms with Crippen LogP contribution in [0.5, 0.6) is 5.75 Å². The van der Waals surface area contributed by atoms with Crippen molar-refractivity contribution < 1.29 is 9.53 Å². The number of amides is 1. The predicted octanol–water partition coefficient (Wildman–Crippen LogP) is 5.09. The van der Waals surface area contributed by atoms with Gasteiger partial charge in [0.05, 0.1) is 19.3 Å². The van der Waals surface area contributed by atoms with E-state index < -0.39 is 0 Å². The van der Waals surface area contributed by atoms with E-state index in [0.717, 1.165) is 16.8 Å². The molecule has 0 aliphatic rings. The third-order valence-electron chi connectivity index (χ3n) is 5.02. The van der Waals surface area contributed by atoms with Crippen molar-refractivity contribution in [1.82, 2.24) is 10.3 Å². The van der Waals surface area contributed by atoms with Crippen LogP contribution < -0.4 is 15.4 Å². The van der Waals surface area contributed by atoms with Crippen LogP contribution in [0, 0.1) is 6.92 Å². The Balaban J connectivity index is 1.85. The number of hydrogen-bond donors (Lipinski definition) is 2. The van der Waals surface area contributed by atoms with Crippen LogP contribution in [0.2, 0.25) is 0 Å². The average molecular weight is 431 g/mol. The average Bonchev–Trinajstić information content (AvgIpc) is 2.78. The van der Waals surface area contributed by atoms with Crippen LogP contribution in [-0.2, 0) is 12.0 Å². The molecule has 0 saturated heterocycles. The second-order valence-electron chi connectivity index (χ2n) is 8.63. The van der Waals surface area contributed by atoms with Crippen molar-refractivity contribution >= 4 is 17.6 Å². The topological polar surface area (TPSA) is 75.6 Å². The summed E-state index contributed by atoms with van der Waals surface area (Å²) in [6, 6.07) is 17.2. The molecule has 0 radical (unpaired) electrons. The first-order valence-electron chi connectivity index (χ1n) is 10.5. The van der Waals surface area contributed by atoms with Crippen LogP contribution >= 0.6 is 0 Å². The quantitative estimate of drug-likeness (QED) is 0.436. The molecule has 2 N–H and O–H groups in total. The van der Waals surface area contributed by atoms with Crippen LogP contribution in [0.1, 0.15) is 47.8 Å². The minimum absolute atomic E-state index is 0.0233. The van der Waals surface area contributed by atoms with E-state index in [2.05, 4.69) is 41.4 Å². The molecule has 0 aliphatic heterocycles. The molecule has 0 aliphatic carbocycles. The van der Waals surface area contributed by atoms with Crippen LogP contribution in [0.15, 0.2) is 72.0 Å². The highest BCUT2D eigenvalue weighted by atomic mass is 16.5. The summed E-state index contributed by atoms with van der Waals surface area (Å²) >= 11 is 0. The van der Waals surface area contributed by atoms with Gasteiger partial charge in [0.25, 0.3) is 5.91 Å². The van der Waals surface area contributed by atoms with Gasteiger partial charge in [-0.05, 0) is 65.4 Å². The van der Waals surface area contributed by atoms with Gasteiger partial charge in [-0.25, -0.2) is 4.99 Å². The third-order valence-corrected chi connectivity index (χ3v) is 5.02. The van der Waals surface area contributed by atoms with Crippen LogP contribution in [0.3, 0.4) is 0 Å². The maximum absolute atomic E-state index is 13.0. The van der Waals surface area contributed by atoms with E-state index >= 15 is 0 Å². The molecule has 32 heavy (non-hydrogen) atoms. The molecular weight excluding hydrogens is 400 g/mol. The fraction of sp³-hybridized carbons (Fsp3) is 0.269. The standard InChI is InChI=1S/C26H30N4O2/c1-18-6-11-23(32-5)22(16-18)29-25(28-17-19-12-14-27-15-13-19)30-24(31)20-7-9-21(10-8-20)26(2,3)4/h6-16H,17H2,1-5H3,(H2,28,29,30,31). The lowest BCUT2D eigenvalue weighted by molar-refractivity contribution is 0.0977. The number of ether oxygens (including phenoxy) is 1. The maximum atomic E-state index is 13.0. The third kappa shape index (κ3) is 6.17. The number of aliphatic imine (C=N–C) groups is 1. The summed E-state index contributed by atoms with van der Waals surface area (Å²) in [7, 11) is 1.61. The Morgan fingerprint density at radius 1 is 1.03 bits per heavy atom. The van der Waals surface area contributed by atoms with E-state index in [4.69, 9.17) is 4.74 Å². The zero-order valence-corrected chi connectivity index (χ0v) is 19.3. The number of carbonyl (C=O) groups is 1. The van der Waals surface area contributed by atoms with Gasteiger partial charge in [0, 0.05) is 18.0 Å². The van der Waals surface area contributed by atoms with Crippen molar-refractivity contribution in [2.24, 2.45) is 4.99 Å². The molecule has 1 heterocycles. The molecule has 3 rings (SSSR count). The second-order valence-corrected chi connectivity index (χ2v) is 8.63. The summed E-state index contributed by atoms with van der Waals surface area (Å²) in [5, 5.41) is 6.13. The smallest absolute Gasteiger partial charge is 0.257 e. The van der Waals surface area contributed by atoms with Crippen molar-refractivity contribution in [3.63, 3.8) is 0 Å². The first-order chi connectivity index (χ1) is 15.3. The van der Waals surface area contributed by atoms with Crippen LogP contribution in [-0.4, -0.2) is 24.0 Å². The number of rotatable bonds is 5. The Morgan fingerprint density at radius 3 is 2.34 bits per heavy atom. The molecule has 0 unspecified atom stereocenters. The van der Waals surface area contributed by atoms with E-state index in [0.29, 0.717) is 23.8 Å². The Hall–Kier alpha value is -3.67. The molecule has 0 atom stereocenters. The minimum atomic E-state index is -0.238. The van der Waals surface area contributed by atoms with Crippen molar-refractivity contribution in [2.75, 3.05) is 12.4 Å². The van der Waals surface area contributed by atoms with E-state index in [-0.39, 0.29) is 11.3 Å². The molecule has 166 valence electrons. The van der Waals surface area contributed by atoms with E-state index in [1.807, 2.05) is 61.5 Å². The number of aryl methyl sites for hydroxylation is 1. The SMILES string of the molecule is COc1ccc(C)cc1NC(=NCc1ccncc1)NC(=O)c1ccc(C(C)(C)C)cc1. The Labute approximate surface area is 189 Å². The highest BCUT2D eigenvalue weighted by molar-refractivity contribution is 6.10. The fourth-order valence-electron chi connectivity index (χ4n) is 3.12. The first-order valence-corrected chi connectivity index (χ1v) is 10.5. The number of carbonyl (C=O) groups excluding carboxylic acids is 1. The van der Waals surface area contributed by atoms with Gasteiger partial charge in [0.2, 0.25) is 5.96 Å². The predicted molar refractivity (Wildman–Crippen MR) is 129 cm³/mol. The molecular formula is C26H30N4O2. The molecule has 1 amide bonds. The van der Waals surface area contributed by atoms with Gasteiger partial charge < -0.3 is 10.1 Å². The van der Waals surface area contributed by atoms with E-state index in [9.17, 15) is 4.79 Å². The fourth-order valence-corrected chi connectivity index (χ4v) is 3.12. The van der Waals surface area contributed by atoms with Crippen LogP contribution in [0.25, 0.3) is 0 Å². The molecule has 3 aromatic rings. The number of hydrogen-bond acceptors (Lipinski definition) is 4. The Morgan fingerprint density at radius 2 is 1.72 bits per heavy atom. The van der Waals surface area contributed by atoms with Gasteiger partial charge in [-0.2, -0.15) is 0 Å². The summed E-state index contributed by atoms with van der Waals surface area (Å²) in [4.78, 5) is 21.6. The largest absolute Gasteiger partial charge is 0.495 e. The van der Waals surface area contributed by atoms with Gasteiger partial charge >= 0.3 is 0 Å². The van der Waals surface area contributed by atoms with Gasteiger partial charge in [-0.15, -0.1) is 0 Å². The molecule has 6 heteroatoms. The first kappa shape index (κ1) is 23.0. The summed E-state index contributed by atoms with van der Waals surface area (Å²) in [6.07, 6.45) is 3.44. The Bertz CT molecular complexity index is 1090. The summed E-state index contributed by atoms with van der Waals surface area (Å²) in [5.41, 5.74) is 4.53. The van der Waals surface area contributed by atoms with Crippen molar-refractivity contribution in [1.29, 1.82) is 0 Å². The monoisotopic (exact) mass is 430 g/mol. The molecule has 0 bridgehead atoms. The number of anilines is 1. The highest BCUT2D eigenvalue weighted by Crippen LogP contribution is 2.25.